The Labute approximate surface area is 229 Å². The van der Waals surface area contributed by atoms with Crippen molar-refractivity contribution in [3.05, 3.63) is 70.3 Å². The van der Waals surface area contributed by atoms with E-state index in [0.717, 1.165) is 67.9 Å². The zero-order chi connectivity index (χ0) is 27.2. The van der Waals surface area contributed by atoms with Gasteiger partial charge in [-0.2, -0.15) is 0 Å². The summed E-state index contributed by atoms with van der Waals surface area (Å²) in [6.45, 7) is 4.79. The molecule has 39 heavy (non-hydrogen) atoms. The number of Topliss-reactive ketones (excluding diaryl/α,β-unsaturated/α-hetero) is 1. The molecule has 0 bridgehead atoms. The first-order valence-electron chi connectivity index (χ1n) is 14.1. The number of hydrogen-bond donors (Lipinski definition) is 2. The highest BCUT2D eigenvalue weighted by atomic mass is 16.5. The number of morpholine rings is 1. The number of ketones is 1. The van der Waals surface area contributed by atoms with Crippen LogP contribution in [0.2, 0.25) is 0 Å². The molecule has 2 atom stereocenters. The summed E-state index contributed by atoms with van der Waals surface area (Å²) in [6, 6.07) is 14.1. The van der Waals surface area contributed by atoms with Crippen molar-refractivity contribution in [2.45, 2.75) is 58.0 Å². The number of carbonyl (C=O) groups is 4. The molecule has 8 nitrogen and oxygen atoms in total. The first kappa shape index (κ1) is 27.2. The smallest absolute Gasteiger partial charge is 0.229 e. The van der Waals surface area contributed by atoms with Crippen molar-refractivity contribution < 1.29 is 23.9 Å². The van der Waals surface area contributed by atoms with E-state index in [1.165, 1.54) is 5.56 Å². The molecule has 0 saturated carbocycles. The van der Waals surface area contributed by atoms with Gasteiger partial charge in [0.15, 0.2) is 5.78 Å². The quantitative estimate of drug-likeness (QED) is 0.482. The largest absolute Gasteiger partial charge is 0.379 e. The first-order valence-corrected chi connectivity index (χ1v) is 14.1. The standard InChI is InChI=1S/C31H37N3O5/c35-28-12-10-25(31(38)33-28)8-6-24-7-9-26-17-23(5-11-27(26)30(24)37)19-32-29(36)18-21-1-3-22(4-2-21)20-34-13-15-39-16-14-34/h1-5,11,17,24-25H,6-10,12-16,18-20H2,(H,32,36)(H,33,35,38). The maximum Gasteiger partial charge on any atom is 0.229 e. The van der Waals surface area contributed by atoms with Crippen LogP contribution in [0.15, 0.2) is 42.5 Å². The van der Waals surface area contributed by atoms with Crippen molar-refractivity contribution >= 4 is 23.5 Å². The predicted octanol–water partition coefficient (Wildman–Crippen LogP) is 2.96. The maximum atomic E-state index is 13.1. The Morgan fingerprint density at radius 1 is 0.897 bits per heavy atom. The molecule has 2 aliphatic heterocycles. The molecule has 0 spiro atoms. The van der Waals surface area contributed by atoms with Crippen LogP contribution in [-0.2, 0) is 45.1 Å². The van der Waals surface area contributed by atoms with Crippen molar-refractivity contribution in [3.8, 4) is 0 Å². The van der Waals surface area contributed by atoms with Gasteiger partial charge >= 0.3 is 0 Å². The fourth-order valence-electron chi connectivity index (χ4n) is 5.81. The van der Waals surface area contributed by atoms with E-state index in [0.29, 0.717) is 38.6 Å². The minimum atomic E-state index is -0.209. The van der Waals surface area contributed by atoms with E-state index in [1.54, 1.807) is 0 Å². The highest BCUT2D eigenvalue weighted by Gasteiger charge is 2.31. The number of nitrogens with one attached hydrogen (secondary N) is 2. The first-order chi connectivity index (χ1) is 18.9. The molecular formula is C31H37N3O5. The number of fused-ring (bicyclic) bond motifs is 1. The van der Waals surface area contributed by atoms with Crippen LogP contribution in [-0.4, -0.2) is 54.7 Å². The second kappa shape index (κ2) is 12.7. The third-order valence-corrected chi connectivity index (χ3v) is 8.17. The minimum Gasteiger partial charge on any atom is -0.379 e. The van der Waals surface area contributed by atoms with Crippen molar-refractivity contribution in [1.82, 2.24) is 15.5 Å². The number of carbonyl (C=O) groups excluding carboxylic acids is 4. The van der Waals surface area contributed by atoms with E-state index in [1.807, 2.05) is 30.3 Å². The van der Waals surface area contributed by atoms with E-state index >= 15 is 0 Å². The number of benzene rings is 2. The lowest BCUT2D eigenvalue weighted by Gasteiger charge is -2.26. The Morgan fingerprint density at radius 2 is 1.59 bits per heavy atom. The number of nitrogens with zero attached hydrogens (tertiary/aromatic N) is 1. The molecule has 206 valence electrons. The molecule has 3 aliphatic rings. The van der Waals surface area contributed by atoms with Gasteiger partial charge in [0.2, 0.25) is 17.7 Å². The van der Waals surface area contributed by atoms with Gasteiger partial charge in [-0.05, 0) is 54.4 Å². The lowest BCUT2D eigenvalue weighted by atomic mass is 9.78. The van der Waals surface area contributed by atoms with E-state index in [-0.39, 0.29) is 35.3 Å². The molecule has 5 rings (SSSR count). The van der Waals surface area contributed by atoms with Gasteiger partial charge in [-0.25, -0.2) is 0 Å². The number of imide groups is 1. The number of rotatable bonds is 9. The molecule has 0 aromatic heterocycles. The topological polar surface area (TPSA) is 105 Å². The van der Waals surface area contributed by atoms with Crippen LogP contribution in [0.1, 0.15) is 64.7 Å². The molecule has 2 saturated heterocycles. The number of ether oxygens (including phenoxy) is 1. The number of amides is 3. The average Bonchev–Trinajstić information content (AvgIpc) is 2.94. The van der Waals surface area contributed by atoms with Crippen LogP contribution >= 0.6 is 0 Å². The number of piperidine rings is 1. The summed E-state index contributed by atoms with van der Waals surface area (Å²) in [4.78, 5) is 51.5. The summed E-state index contributed by atoms with van der Waals surface area (Å²) in [5, 5.41) is 5.41. The Morgan fingerprint density at radius 3 is 2.36 bits per heavy atom. The molecule has 2 aromatic rings. The zero-order valence-electron chi connectivity index (χ0n) is 22.4. The Kier molecular flexibility index (Phi) is 8.84. The third kappa shape index (κ3) is 7.19. The summed E-state index contributed by atoms with van der Waals surface area (Å²) in [6.07, 6.45) is 4.13. The molecule has 0 radical (unpaired) electrons. The van der Waals surface area contributed by atoms with Crippen LogP contribution in [0.25, 0.3) is 0 Å². The molecule has 3 amide bonds. The molecule has 2 unspecified atom stereocenters. The summed E-state index contributed by atoms with van der Waals surface area (Å²) in [5.41, 5.74) is 4.99. The minimum absolute atomic E-state index is 0.0294. The van der Waals surface area contributed by atoms with E-state index < -0.39 is 0 Å². The monoisotopic (exact) mass is 531 g/mol. The van der Waals surface area contributed by atoms with E-state index in [4.69, 9.17) is 4.74 Å². The van der Waals surface area contributed by atoms with Crippen LogP contribution in [0.5, 0.6) is 0 Å². The van der Waals surface area contributed by atoms with Gasteiger partial charge in [-0.1, -0.05) is 42.5 Å². The second-order valence-corrected chi connectivity index (χ2v) is 11.0. The van der Waals surface area contributed by atoms with Gasteiger partial charge in [-0.15, -0.1) is 0 Å². The highest BCUT2D eigenvalue weighted by Crippen LogP contribution is 2.31. The molecule has 8 heteroatoms. The summed E-state index contributed by atoms with van der Waals surface area (Å²) >= 11 is 0. The van der Waals surface area contributed by atoms with E-state index in [9.17, 15) is 19.2 Å². The van der Waals surface area contributed by atoms with Crippen LogP contribution in [0.3, 0.4) is 0 Å². The maximum absolute atomic E-state index is 13.1. The normalized spacial score (nSPS) is 21.8. The fourth-order valence-corrected chi connectivity index (χ4v) is 5.81. The molecular weight excluding hydrogens is 494 g/mol. The third-order valence-electron chi connectivity index (χ3n) is 8.17. The van der Waals surface area contributed by atoms with Gasteiger partial charge in [-0.3, -0.25) is 29.4 Å². The SMILES string of the molecule is O=C(Cc1ccc(CN2CCOCC2)cc1)NCc1ccc2c(c1)CCC(CCC1CCC(=O)NC1=O)C2=O. The molecule has 2 heterocycles. The number of hydrogen-bond acceptors (Lipinski definition) is 6. The Bertz CT molecular complexity index is 1220. The summed E-state index contributed by atoms with van der Waals surface area (Å²) < 4.78 is 5.40. The van der Waals surface area contributed by atoms with E-state index in [2.05, 4.69) is 27.7 Å². The fraction of sp³-hybridized carbons (Fsp3) is 0.484. The predicted molar refractivity (Wildman–Crippen MR) is 146 cm³/mol. The summed E-state index contributed by atoms with van der Waals surface area (Å²) in [7, 11) is 0. The van der Waals surface area contributed by atoms with Crippen molar-refractivity contribution in [3.63, 3.8) is 0 Å². The molecule has 2 N–H and O–H groups in total. The van der Waals surface area contributed by atoms with Gasteiger partial charge < -0.3 is 10.1 Å². The van der Waals surface area contributed by atoms with Crippen LogP contribution < -0.4 is 10.6 Å². The van der Waals surface area contributed by atoms with Crippen molar-refractivity contribution in [2.75, 3.05) is 26.3 Å². The average molecular weight is 532 g/mol. The van der Waals surface area contributed by atoms with Gasteiger partial charge in [0.25, 0.3) is 0 Å². The van der Waals surface area contributed by atoms with Gasteiger partial charge in [0.05, 0.1) is 19.6 Å². The summed E-state index contributed by atoms with van der Waals surface area (Å²) in [5.74, 6) is -0.582. The zero-order valence-corrected chi connectivity index (χ0v) is 22.4. The molecule has 1 aliphatic carbocycles. The van der Waals surface area contributed by atoms with Gasteiger partial charge in [0, 0.05) is 50.0 Å². The van der Waals surface area contributed by atoms with Gasteiger partial charge in [0.1, 0.15) is 0 Å². The Hall–Kier alpha value is -3.36. The number of aryl methyl sites for hydroxylation is 1. The molecule has 2 aromatic carbocycles. The lowest BCUT2D eigenvalue weighted by Crippen LogP contribution is -2.41. The van der Waals surface area contributed by atoms with Crippen molar-refractivity contribution in [2.24, 2.45) is 11.8 Å². The molecule has 2 fully saturated rings. The highest BCUT2D eigenvalue weighted by molar-refractivity contribution is 6.00. The van der Waals surface area contributed by atoms with Crippen LogP contribution in [0, 0.1) is 11.8 Å². The van der Waals surface area contributed by atoms with Crippen LogP contribution in [0.4, 0.5) is 0 Å². The lowest BCUT2D eigenvalue weighted by molar-refractivity contribution is -0.136. The Balaban J connectivity index is 1.08. The van der Waals surface area contributed by atoms with Crippen molar-refractivity contribution in [1.29, 1.82) is 0 Å². The second-order valence-electron chi connectivity index (χ2n) is 11.0.